The second-order valence-corrected chi connectivity index (χ2v) is 5.58. The van der Waals surface area contributed by atoms with Crippen molar-refractivity contribution in [2.75, 3.05) is 25.5 Å². The lowest BCUT2D eigenvalue weighted by Crippen LogP contribution is -2.48. The number of amides is 1. The van der Waals surface area contributed by atoms with E-state index in [1.54, 1.807) is 18.2 Å². The Kier molecular flexibility index (Phi) is 3.40. The van der Waals surface area contributed by atoms with Crippen molar-refractivity contribution < 1.29 is 9.53 Å². The van der Waals surface area contributed by atoms with Gasteiger partial charge in [-0.05, 0) is 34.1 Å². The zero-order valence-electron chi connectivity index (χ0n) is 9.63. The quantitative estimate of drug-likeness (QED) is 0.837. The minimum atomic E-state index is -0.0844. The van der Waals surface area contributed by atoms with Crippen molar-refractivity contribution >= 4 is 27.5 Å². The van der Waals surface area contributed by atoms with Gasteiger partial charge < -0.3 is 15.8 Å². The molecular formula is C12H15BrN2O2. The Bertz CT molecular complexity index is 444. The zero-order chi connectivity index (χ0) is 12.5. The van der Waals surface area contributed by atoms with Crippen molar-refractivity contribution in [3.63, 3.8) is 0 Å². The molecule has 17 heavy (non-hydrogen) atoms. The van der Waals surface area contributed by atoms with Crippen LogP contribution >= 0.6 is 15.9 Å². The maximum Gasteiger partial charge on any atom is 0.251 e. The third kappa shape index (κ3) is 2.79. The van der Waals surface area contributed by atoms with E-state index in [0.717, 1.165) is 4.47 Å². The lowest BCUT2D eigenvalue weighted by molar-refractivity contribution is -0.0978. The SMILES string of the molecule is CC1(CNC(=O)c2ccc(N)c(Br)c2)COC1. The fourth-order valence-corrected chi connectivity index (χ4v) is 2.00. The van der Waals surface area contributed by atoms with Crippen LogP contribution in [0.25, 0.3) is 0 Å². The van der Waals surface area contributed by atoms with Crippen molar-refractivity contribution in [2.45, 2.75) is 6.92 Å². The number of nitrogens with one attached hydrogen (secondary N) is 1. The summed E-state index contributed by atoms with van der Waals surface area (Å²) in [5, 5.41) is 2.91. The molecule has 1 amide bonds. The van der Waals surface area contributed by atoms with Crippen LogP contribution in [0.5, 0.6) is 0 Å². The number of hydrogen-bond acceptors (Lipinski definition) is 3. The number of hydrogen-bond donors (Lipinski definition) is 2. The molecule has 0 unspecified atom stereocenters. The Labute approximate surface area is 109 Å². The van der Waals surface area contributed by atoms with Gasteiger partial charge in [0.2, 0.25) is 0 Å². The van der Waals surface area contributed by atoms with Crippen LogP contribution in [0.1, 0.15) is 17.3 Å². The van der Waals surface area contributed by atoms with Crippen molar-refractivity contribution in [3.8, 4) is 0 Å². The number of nitrogen functional groups attached to an aromatic ring is 1. The summed E-state index contributed by atoms with van der Waals surface area (Å²) in [6, 6.07) is 5.16. The summed E-state index contributed by atoms with van der Waals surface area (Å²) < 4.78 is 5.87. The molecular weight excluding hydrogens is 284 g/mol. The average Bonchev–Trinajstić information content (AvgIpc) is 2.27. The molecule has 0 radical (unpaired) electrons. The highest BCUT2D eigenvalue weighted by Gasteiger charge is 2.33. The van der Waals surface area contributed by atoms with Crippen LogP contribution in [-0.4, -0.2) is 25.7 Å². The summed E-state index contributed by atoms with van der Waals surface area (Å²) in [6.45, 7) is 4.14. The standard InChI is InChI=1S/C12H15BrN2O2/c1-12(6-17-7-12)5-15-11(16)8-2-3-10(14)9(13)4-8/h2-4H,5-7,14H2,1H3,(H,15,16). The van der Waals surface area contributed by atoms with Crippen LogP contribution in [0.4, 0.5) is 5.69 Å². The molecule has 0 aliphatic carbocycles. The number of carbonyl (C=O) groups is 1. The first-order valence-electron chi connectivity index (χ1n) is 5.41. The summed E-state index contributed by atoms with van der Waals surface area (Å²) in [5.74, 6) is -0.0844. The number of carbonyl (C=O) groups excluding carboxylic acids is 1. The maximum absolute atomic E-state index is 11.9. The van der Waals surface area contributed by atoms with Crippen molar-refractivity contribution in [3.05, 3.63) is 28.2 Å². The summed E-state index contributed by atoms with van der Waals surface area (Å²) in [4.78, 5) is 11.9. The molecule has 4 nitrogen and oxygen atoms in total. The first kappa shape index (κ1) is 12.4. The molecule has 1 aromatic rings. The van der Waals surface area contributed by atoms with E-state index in [-0.39, 0.29) is 11.3 Å². The number of rotatable bonds is 3. The molecule has 1 heterocycles. The molecule has 1 saturated heterocycles. The molecule has 92 valence electrons. The molecule has 3 N–H and O–H groups in total. The van der Waals surface area contributed by atoms with Crippen molar-refractivity contribution in [2.24, 2.45) is 5.41 Å². The van der Waals surface area contributed by atoms with E-state index in [4.69, 9.17) is 10.5 Å². The second-order valence-electron chi connectivity index (χ2n) is 4.72. The van der Waals surface area contributed by atoms with E-state index in [1.165, 1.54) is 0 Å². The van der Waals surface area contributed by atoms with Gasteiger partial charge in [0.25, 0.3) is 5.91 Å². The average molecular weight is 299 g/mol. The van der Waals surface area contributed by atoms with Gasteiger partial charge in [0.05, 0.1) is 13.2 Å². The van der Waals surface area contributed by atoms with Crippen LogP contribution < -0.4 is 11.1 Å². The second kappa shape index (κ2) is 4.66. The minimum absolute atomic E-state index is 0.0840. The zero-order valence-corrected chi connectivity index (χ0v) is 11.2. The monoisotopic (exact) mass is 298 g/mol. The highest BCUT2D eigenvalue weighted by atomic mass is 79.9. The van der Waals surface area contributed by atoms with Gasteiger partial charge in [0, 0.05) is 27.7 Å². The Morgan fingerprint density at radius 1 is 1.59 bits per heavy atom. The number of benzene rings is 1. The number of ether oxygens (including phenoxy) is 1. The molecule has 0 aromatic heterocycles. The lowest BCUT2D eigenvalue weighted by Gasteiger charge is -2.38. The van der Waals surface area contributed by atoms with Gasteiger partial charge in [-0.3, -0.25) is 4.79 Å². The van der Waals surface area contributed by atoms with Gasteiger partial charge in [-0.25, -0.2) is 0 Å². The minimum Gasteiger partial charge on any atom is -0.398 e. The number of anilines is 1. The van der Waals surface area contributed by atoms with Crippen LogP contribution in [0.15, 0.2) is 22.7 Å². The van der Waals surface area contributed by atoms with E-state index >= 15 is 0 Å². The van der Waals surface area contributed by atoms with Gasteiger partial charge in [-0.1, -0.05) is 6.92 Å². The topological polar surface area (TPSA) is 64.4 Å². The Hall–Kier alpha value is -1.07. The molecule has 1 fully saturated rings. The van der Waals surface area contributed by atoms with Crippen LogP contribution in [0, 0.1) is 5.41 Å². The largest absolute Gasteiger partial charge is 0.398 e. The maximum atomic E-state index is 11.9. The third-order valence-corrected chi connectivity index (χ3v) is 3.53. The Morgan fingerprint density at radius 3 is 2.82 bits per heavy atom. The Balaban J connectivity index is 1.97. The molecule has 0 saturated carbocycles. The highest BCUT2D eigenvalue weighted by Crippen LogP contribution is 2.25. The predicted molar refractivity (Wildman–Crippen MR) is 69.8 cm³/mol. The van der Waals surface area contributed by atoms with E-state index in [2.05, 4.69) is 28.2 Å². The van der Waals surface area contributed by atoms with E-state index in [0.29, 0.717) is 31.0 Å². The first-order valence-corrected chi connectivity index (χ1v) is 6.20. The molecule has 5 heteroatoms. The molecule has 2 rings (SSSR count). The van der Waals surface area contributed by atoms with Crippen LogP contribution in [0.3, 0.4) is 0 Å². The van der Waals surface area contributed by atoms with Crippen LogP contribution in [-0.2, 0) is 4.74 Å². The predicted octanol–water partition coefficient (Wildman–Crippen LogP) is 1.80. The van der Waals surface area contributed by atoms with E-state index in [1.807, 2.05) is 0 Å². The van der Waals surface area contributed by atoms with Crippen molar-refractivity contribution in [1.82, 2.24) is 5.32 Å². The van der Waals surface area contributed by atoms with Gasteiger partial charge >= 0.3 is 0 Å². The summed E-state index contributed by atoms with van der Waals surface area (Å²) >= 11 is 3.30. The summed E-state index contributed by atoms with van der Waals surface area (Å²) in [6.07, 6.45) is 0. The molecule has 0 atom stereocenters. The highest BCUT2D eigenvalue weighted by molar-refractivity contribution is 9.10. The van der Waals surface area contributed by atoms with Crippen LogP contribution in [0.2, 0.25) is 0 Å². The third-order valence-electron chi connectivity index (χ3n) is 2.84. The van der Waals surface area contributed by atoms with Gasteiger partial charge in [0.15, 0.2) is 0 Å². The fourth-order valence-electron chi connectivity index (χ4n) is 1.62. The Morgan fingerprint density at radius 2 is 2.29 bits per heavy atom. The lowest BCUT2D eigenvalue weighted by atomic mass is 9.88. The first-order chi connectivity index (χ1) is 8.00. The molecule has 1 aliphatic rings. The fraction of sp³-hybridized carbons (Fsp3) is 0.417. The van der Waals surface area contributed by atoms with Gasteiger partial charge in [0.1, 0.15) is 0 Å². The van der Waals surface area contributed by atoms with Gasteiger partial charge in [-0.2, -0.15) is 0 Å². The summed E-state index contributed by atoms with van der Waals surface area (Å²) in [7, 11) is 0. The molecule has 0 bridgehead atoms. The summed E-state index contributed by atoms with van der Waals surface area (Å²) in [5.41, 5.74) is 6.98. The van der Waals surface area contributed by atoms with E-state index in [9.17, 15) is 4.79 Å². The molecule has 0 spiro atoms. The molecule has 1 aromatic carbocycles. The van der Waals surface area contributed by atoms with E-state index < -0.39 is 0 Å². The molecule has 1 aliphatic heterocycles. The van der Waals surface area contributed by atoms with Crippen molar-refractivity contribution in [1.29, 1.82) is 0 Å². The number of nitrogens with two attached hydrogens (primary N) is 1. The van der Waals surface area contributed by atoms with Gasteiger partial charge in [-0.15, -0.1) is 0 Å². The number of halogens is 1. The normalized spacial score (nSPS) is 17.3. The smallest absolute Gasteiger partial charge is 0.251 e.